The predicted molar refractivity (Wildman–Crippen MR) is 106 cm³/mol. The van der Waals surface area contributed by atoms with Gasteiger partial charge in [0, 0.05) is 24.8 Å². The van der Waals surface area contributed by atoms with Crippen molar-refractivity contribution in [2.45, 2.75) is 30.8 Å². The van der Waals surface area contributed by atoms with E-state index in [4.69, 9.17) is 0 Å². The van der Waals surface area contributed by atoms with Gasteiger partial charge in [-0.2, -0.15) is 0 Å². The summed E-state index contributed by atoms with van der Waals surface area (Å²) in [6.45, 7) is 4.71. The van der Waals surface area contributed by atoms with Crippen molar-refractivity contribution in [3.63, 3.8) is 0 Å². The van der Waals surface area contributed by atoms with E-state index in [0.29, 0.717) is 0 Å². The van der Waals surface area contributed by atoms with Crippen LogP contribution in [0.15, 0.2) is 65.8 Å². The standard InChI is InChI=1S/C20H22N4OS/c1-4-24-18(16-11-7-5-8-12-16)21-22-20(24)26-15(2)19(25)23(3)17-13-9-6-10-14-17/h5-15H,4H2,1-3H3/t15-/m0/s1. The number of para-hydroxylation sites is 1. The normalized spacial score (nSPS) is 12.0. The molecule has 0 unspecified atom stereocenters. The molecule has 0 spiro atoms. The number of anilines is 1. The van der Waals surface area contributed by atoms with E-state index in [9.17, 15) is 4.79 Å². The van der Waals surface area contributed by atoms with Crippen LogP contribution >= 0.6 is 11.8 Å². The maximum absolute atomic E-state index is 12.8. The van der Waals surface area contributed by atoms with E-state index in [2.05, 4.69) is 17.1 Å². The van der Waals surface area contributed by atoms with Crippen LogP contribution in [0.2, 0.25) is 0 Å². The van der Waals surface area contributed by atoms with E-state index < -0.39 is 0 Å². The lowest BCUT2D eigenvalue weighted by Gasteiger charge is -2.21. The Morgan fingerprint density at radius 3 is 2.31 bits per heavy atom. The largest absolute Gasteiger partial charge is 0.315 e. The lowest BCUT2D eigenvalue weighted by Crippen LogP contribution is -2.33. The third-order valence-electron chi connectivity index (χ3n) is 4.17. The molecule has 0 N–H and O–H groups in total. The van der Waals surface area contributed by atoms with Gasteiger partial charge in [-0.1, -0.05) is 60.3 Å². The number of hydrogen-bond donors (Lipinski definition) is 0. The minimum atomic E-state index is -0.265. The molecule has 6 heteroatoms. The molecule has 0 saturated carbocycles. The summed E-state index contributed by atoms with van der Waals surface area (Å²) in [6, 6.07) is 19.6. The van der Waals surface area contributed by atoms with Crippen LogP contribution < -0.4 is 4.90 Å². The Labute approximate surface area is 158 Å². The molecule has 5 nitrogen and oxygen atoms in total. The van der Waals surface area contributed by atoms with E-state index in [0.717, 1.165) is 28.8 Å². The van der Waals surface area contributed by atoms with Gasteiger partial charge >= 0.3 is 0 Å². The minimum absolute atomic E-state index is 0.0353. The fraction of sp³-hybridized carbons (Fsp3) is 0.250. The van der Waals surface area contributed by atoms with E-state index >= 15 is 0 Å². The van der Waals surface area contributed by atoms with Crippen LogP contribution in [-0.4, -0.2) is 33.0 Å². The molecule has 1 heterocycles. The van der Waals surface area contributed by atoms with Crippen molar-refractivity contribution in [1.29, 1.82) is 0 Å². The number of carbonyl (C=O) groups excluding carboxylic acids is 1. The summed E-state index contributed by atoms with van der Waals surface area (Å²) in [5.74, 6) is 0.861. The van der Waals surface area contributed by atoms with Crippen molar-refractivity contribution in [3.05, 3.63) is 60.7 Å². The van der Waals surface area contributed by atoms with Gasteiger partial charge in [-0.3, -0.25) is 4.79 Å². The summed E-state index contributed by atoms with van der Waals surface area (Å²) >= 11 is 1.44. The minimum Gasteiger partial charge on any atom is -0.315 e. The highest BCUT2D eigenvalue weighted by Crippen LogP contribution is 2.28. The molecular formula is C20H22N4OS. The second kappa shape index (κ2) is 8.19. The molecule has 2 aromatic carbocycles. The van der Waals surface area contributed by atoms with Crippen molar-refractivity contribution >= 4 is 23.4 Å². The van der Waals surface area contributed by atoms with Crippen molar-refractivity contribution in [1.82, 2.24) is 14.8 Å². The maximum Gasteiger partial charge on any atom is 0.240 e. The van der Waals surface area contributed by atoms with Gasteiger partial charge in [0.25, 0.3) is 0 Å². The monoisotopic (exact) mass is 366 g/mol. The van der Waals surface area contributed by atoms with Gasteiger partial charge in [0.2, 0.25) is 5.91 Å². The number of nitrogens with zero attached hydrogens (tertiary/aromatic N) is 4. The van der Waals surface area contributed by atoms with Crippen LogP contribution in [-0.2, 0) is 11.3 Å². The lowest BCUT2D eigenvalue weighted by atomic mass is 10.2. The molecule has 1 aromatic heterocycles. The first-order valence-electron chi connectivity index (χ1n) is 8.59. The highest BCUT2D eigenvalue weighted by atomic mass is 32.2. The summed E-state index contributed by atoms with van der Waals surface area (Å²) in [7, 11) is 1.80. The van der Waals surface area contributed by atoms with Gasteiger partial charge in [-0.15, -0.1) is 10.2 Å². The third-order valence-corrected chi connectivity index (χ3v) is 5.24. The number of thioether (sulfide) groups is 1. The summed E-state index contributed by atoms with van der Waals surface area (Å²) in [4.78, 5) is 14.5. The van der Waals surface area contributed by atoms with Crippen molar-refractivity contribution in [2.24, 2.45) is 0 Å². The number of carbonyl (C=O) groups is 1. The van der Waals surface area contributed by atoms with Crippen LogP contribution in [0.5, 0.6) is 0 Å². The summed E-state index contributed by atoms with van der Waals surface area (Å²) in [5, 5.41) is 9.16. The SMILES string of the molecule is CCn1c(S[C@@H](C)C(=O)N(C)c2ccccc2)nnc1-c1ccccc1. The molecule has 0 fully saturated rings. The number of aromatic nitrogens is 3. The highest BCUT2D eigenvalue weighted by molar-refractivity contribution is 8.00. The Morgan fingerprint density at radius 1 is 1.08 bits per heavy atom. The molecular weight excluding hydrogens is 344 g/mol. The Morgan fingerprint density at radius 2 is 1.69 bits per heavy atom. The fourth-order valence-electron chi connectivity index (χ4n) is 2.72. The predicted octanol–water partition coefficient (Wildman–Crippen LogP) is 4.11. The van der Waals surface area contributed by atoms with Crippen molar-refractivity contribution < 1.29 is 4.79 Å². The summed E-state index contributed by atoms with van der Waals surface area (Å²) in [6.07, 6.45) is 0. The topological polar surface area (TPSA) is 51.0 Å². The molecule has 1 amide bonds. The summed E-state index contributed by atoms with van der Waals surface area (Å²) in [5.41, 5.74) is 1.90. The Hall–Kier alpha value is -2.60. The molecule has 134 valence electrons. The lowest BCUT2D eigenvalue weighted by molar-refractivity contribution is -0.117. The molecule has 1 atom stereocenters. The maximum atomic E-state index is 12.8. The molecule has 0 saturated heterocycles. The fourth-order valence-corrected chi connectivity index (χ4v) is 3.73. The quantitative estimate of drug-likeness (QED) is 0.616. The zero-order chi connectivity index (χ0) is 18.5. The van der Waals surface area contributed by atoms with E-state index in [1.165, 1.54) is 11.8 Å². The second-order valence-electron chi connectivity index (χ2n) is 5.91. The number of hydrogen-bond acceptors (Lipinski definition) is 4. The third kappa shape index (κ3) is 3.80. The van der Waals surface area contributed by atoms with Crippen LogP contribution in [0.25, 0.3) is 11.4 Å². The molecule has 0 radical (unpaired) electrons. The van der Waals surface area contributed by atoms with Gasteiger partial charge < -0.3 is 9.47 Å². The number of amides is 1. The zero-order valence-corrected chi connectivity index (χ0v) is 16.0. The van der Waals surface area contributed by atoms with E-state index in [1.54, 1.807) is 11.9 Å². The molecule has 26 heavy (non-hydrogen) atoms. The number of benzene rings is 2. The Bertz CT molecular complexity index is 864. The Kier molecular flexibility index (Phi) is 5.73. The Balaban J connectivity index is 1.78. The van der Waals surface area contributed by atoms with Gasteiger partial charge in [-0.05, 0) is 26.0 Å². The number of rotatable bonds is 6. The first-order valence-corrected chi connectivity index (χ1v) is 9.47. The second-order valence-corrected chi connectivity index (χ2v) is 7.22. The van der Waals surface area contributed by atoms with Gasteiger partial charge in [0.1, 0.15) is 0 Å². The van der Waals surface area contributed by atoms with E-state index in [-0.39, 0.29) is 11.2 Å². The van der Waals surface area contributed by atoms with Gasteiger partial charge in [0.05, 0.1) is 5.25 Å². The zero-order valence-electron chi connectivity index (χ0n) is 15.2. The van der Waals surface area contributed by atoms with Crippen LogP contribution in [0.4, 0.5) is 5.69 Å². The van der Waals surface area contributed by atoms with E-state index in [1.807, 2.05) is 72.2 Å². The molecule has 0 aliphatic carbocycles. The van der Waals surface area contributed by atoms with Crippen LogP contribution in [0.1, 0.15) is 13.8 Å². The molecule has 0 aliphatic rings. The first kappa shape index (κ1) is 18.2. The average molecular weight is 366 g/mol. The smallest absolute Gasteiger partial charge is 0.240 e. The molecule has 3 rings (SSSR count). The highest BCUT2D eigenvalue weighted by Gasteiger charge is 2.23. The van der Waals surface area contributed by atoms with Crippen molar-refractivity contribution in [2.75, 3.05) is 11.9 Å². The first-order chi connectivity index (χ1) is 12.6. The molecule has 0 bridgehead atoms. The van der Waals surface area contributed by atoms with Gasteiger partial charge in [0.15, 0.2) is 11.0 Å². The van der Waals surface area contributed by atoms with Gasteiger partial charge in [-0.25, -0.2) is 0 Å². The molecule has 3 aromatic rings. The summed E-state index contributed by atoms with van der Waals surface area (Å²) < 4.78 is 2.05. The van der Waals surface area contributed by atoms with Crippen LogP contribution in [0.3, 0.4) is 0 Å². The van der Waals surface area contributed by atoms with Crippen molar-refractivity contribution in [3.8, 4) is 11.4 Å². The van der Waals surface area contributed by atoms with Crippen LogP contribution in [0, 0.1) is 0 Å². The molecule has 0 aliphatic heterocycles. The average Bonchev–Trinajstić information content (AvgIpc) is 3.10.